The molecule has 0 atom stereocenters. The molecule has 0 saturated carbocycles. The molecule has 236 valence electrons. The third-order valence-corrected chi connectivity index (χ3v) is 6.73. The minimum absolute atomic E-state index is 0.688. The van der Waals surface area contributed by atoms with Crippen LogP contribution in [0.15, 0.2) is 69.5 Å². The Morgan fingerprint density at radius 1 is 0.750 bits per heavy atom. The zero-order chi connectivity index (χ0) is 32.6. The molecular weight excluding hydrogens is 588 g/mol. The number of azo groups is 2. The fourth-order valence-electron chi connectivity index (χ4n) is 4.22. The first-order valence-electron chi connectivity index (χ1n) is 13.5. The van der Waals surface area contributed by atoms with Gasteiger partial charge in [-0.15, -0.1) is 9.36 Å². The lowest BCUT2D eigenvalue weighted by molar-refractivity contribution is -0.659. The topological polar surface area (TPSA) is 180 Å². The summed E-state index contributed by atoms with van der Waals surface area (Å²) in [7, 11) is 6.58. The molecule has 4 aromatic rings. The molecule has 44 heavy (non-hydrogen) atoms. The Morgan fingerprint density at radius 2 is 1.11 bits per heavy atom. The largest absolute Gasteiger partial charge is 0.759 e. The summed E-state index contributed by atoms with van der Waals surface area (Å²) in [6, 6.07) is 12.5. The molecule has 0 saturated heterocycles. The quantitative estimate of drug-likeness (QED) is 0.112. The van der Waals surface area contributed by atoms with E-state index in [9.17, 15) is 0 Å². The highest BCUT2D eigenvalue weighted by molar-refractivity contribution is 7.79. The van der Waals surface area contributed by atoms with Crippen molar-refractivity contribution in [3.05, 3.63) is 60.2 Å². The minimum Gasteiger partial charge on any atom is -0.759 e. The van der Waals surface area contributed by atoms with E-state index in [1.165, 1.54) is 0 Å². The van der Waals surface area contributed by atoms with E-state index in [2.05, 4.69) is 92.7 Å². The van der Waals surface area contributed by atoms with Crippen LogP contribution >= 0.6 is 0 Å². The van der Waals surface area contributed by atoms with Gasteiger partial charge in [0, 0.05) is 59.2 Å². The normalized spacial score (nSPS) is 11.7. The van der Waals surface area contributed by atoms with Crippen LogP contribution in [0.2, 0.25) is 0 Å². The molecule has 4 rings (SSSR count). The van der Waals surface area contributed by atoms with Crippen LogP contribution in [0.3, 0.4) is 0 Å². The zero-order valence-electron chi connectivity index (χ0n) is 26.1. The molecule has 0 spiro atoms. The number of aryl methyl sites for hydroxylation is 6. The third-order valence-electron chi connectivity index (χ3n) is 6.73. The highest BCUT2D eigenvalue weighted by Crippen LogP contribution is 2.27. The van der Waals surface area contributed by atoms with Crippen molar-refractivity contribution in [3.63, 3.8) is 0 Å². The number of hydrogen-bond acceptors (Lipinski definition) is 12. The van der Waals surface area contributed by atoms with Crippen LogP contribution in [0.5, 0.6) is 0 Å². The second kappa shape index (κ2) is 14.7. The van der Waals surface area contributed by atoms with Crippen molar-refractivity contribution in [2.75, 3.05) is 37.0 Å². The summed E-state index contributed by atoms with van der Waals surface area (Å²) >= 11 is 0. The van der Waals surface area contributed by atoms with Crippen molar-refractivity contribution in [1.82, 2.24) is 19.6 Å². The Hall–Kier alpha value is -4.61. The number of hydrogen-bond donors (Lipinski definition) is 0. The number of anilines is 2. The van der Waals surface area contributed by atoms with Crippen molar-refractivity contribution in [2.45, 2.75) is 20.3 Å². The molecule has 0 unspecified atom stereocenters. The van der Waals surface area contributed by atoms with Crippen LogP contribution in [0, 0.1) is 13.8 Å². The molecule has 0 radical (unpaired) electrons. The van der Waals surface area contributed by atoms with E-state index in [1.807, 2.05) is 49.5 Å². The lowest BCUT2D eigenvalue weighted by Crippen LogP contribution is -2.25. The van der Waals surface area contributed by atoms with Crippen molar-refractivity contribution in [1.29, 1.82) is 0 Å². The van der Waals surface area contributed by atoms with E-state index in [1.54, 1.807) is 22.0 Å². The van der Waals surface area contributed by atoms with Crippen LogP contribution < -0.4 is 18.9 Å². The van der Waals surface area contributed by atoms with Crippen molar-refractivity contribution in [3.8, 4) is 0 Å². The molecule has 0 aliphatic carbocycles. The van der Waals surface area contributed by atoms with Gasteiger partial charge in [-0.25, -0.2) is 9.13 Å². The maximum absolute atomic E-state index is 8.52. The summed E-state index contributed by atoms with van der Waals surface area (Å²) in [6.07, 6.45) is 4.44. The summed E-state index contributed by atoms with van der Waals surface area (Å²) < 4.78 is 41.1. The Bertz CT molecular complexity index is 1590. The highest BCUT2D eigenvalue weighted by atomic mass is 32.3. The molecule has 0 N–H and O–H groups in total. The summed E-state index contributed by atoms with van der Waals surface area (Å²) in [5.41, 5.74) is 6.17. The Labute approximate surface area is 257 Å². The van der Waals surface area contributed by atoms with Gasteiger partial charge in [0.2, 0.25) is 12.7 Å². The van der Waals surface area contributed by atoms with Crippen molar-refractivity contribution < 1.29 is 26.7 Å². The van der Waals surface area contributed by atoms with Crippen molar-refractivity contribution in [2.24, 2.45) is 48.6 Å². The molecule has 0 bridgehead atoms. The SMILES string of the molecule is Cc1cc(N(C)CCCN(C)c2ccc(N=Nc3n(C)nc[n+]3C)c(C)c2)ccc1N=Nc1n(C)nc[n+]1C.O=S(=O)([O-])[O-]. The molecule has 0 aliphatic heterocycles. The molecule has 0 fully saturated rings. The monoisotopic (exact) mass is 626 g/mol. The summed E-state index contributed by atoms with van der Waals surface area (Å²) in [5.74, 6) is 1.38. The number of aromatic nitrogens is 6. The van der Waals surface area contributed by atoms with Gasteiger partial charge in [-0.05, 0) is 78.0 Å². The predicted molar refractivity (Wildman–Crippen MR) is 161 cm³/mol. The lowest BCUT2D eigenvalue weighted by Gasteiger charge is -2.24. The zero-order valence-corrected chi connectivity index (χ0v) is 27.0. The Kier molecular flexibility index (Phi) is 11.3. The van der Waals surface area contributed by atoms with Crippen LogP contribution in [0.1, 0.15) is 17.5 Å². The van der Waals surface area contributed by atoms with Gasteiger partial charge in [-0.3, -0.25) is 8.42 Å². The fourth-order valence-corrected chi connectivity index (χ4v) is 4.22. The molecule has 2 aromatic heterocycles. The summed E-state index contributed by atoms with van der Waals surface area (Å²) in [6.45, 7) is 5.99. The smallest absolute Gasteiger partial charge is 0.403 e. The fraction of sp³-hybridized carbons (Fsp3) is 0.407. The molecular formula is C27H38N12O4S. The Morgan fingerprint density at radius 3 is 1.41 bits per heavy atom. The highest BCUT2D eigenvalue weighted by Gasteiger charge is 2.14. The predicted octanol–water partition coefficient (Wildman–Crippen LogP) is 2.87. The van der Waals surface area contributed by atoms with Gasteiger partial charge in [0.1, 0.15) is 11.4 Å². The second-order valence-corrected chi connectivity index (χ2v) is 11.1. The average Bonchev–Trinajstić information content (AvgIpc) is 3.44. The summed E-state index contributed by atoms with van der Waals surface area (Å²) in [4.78, 5) is 4.55. The van der Waals surface area contributed by atoms with E-state index < -0.39 is 10.4 Å². The minimum atomic E-state index is -5.17. The van der Waals surface area contributed by atoms with Gasteiger partial charge in [-0.1, -0.05) is 10.2 Å². The van der Waals surface area contributed by atoms with Gasteiger partial charge in [0.25, 0.3) is 0 Å². The summed E-state index contributed by atoms with van der Waals surface area (Å²) in [5, 5.41) is 26.0. The molecule has 0 amide bonds. The molecule has 2 aromatic carbocycles. The average molecular weight is 627 g/mol. The van der Waals surface area contributed by atoms with Crippen LogP contribution in [0.25, 0.3) is 0 Å². The van der Waals surface area contributed by atoms with Gasteiger partial charge in [0.05, 0.1) is 28.2 Å². The van der Waals surface area contributed by atoms with Crippen LogP contribution in [-0.2, 0) is 38.6 Å². The van der Waals surface area contributed by atoms with Gasteiger partial charge < -0.3 is 18.9 Å². The first kappa shape index (κ1) is 33.9. The van der Waals surface area contributed by atoms with Crippen molar-refractivity contribution >= 4 is 45.0 Å². The maximum atomic E-state index is 8.52. The van der Waals surface area contributed by atoms with Gasteiger partial charge in [-0.2, -0.15) is 0 Å². The van der Waals surface area contributed by atoms with E-state index >= 15 is 0 Å². The lowest BCUT2D eigenvalue weighted by atomic mass is 10.1. The van der Waals surface area contributed by atoms with E-state index in [0.717, 1.165) is 53.4 Å². The van der Waals surface area contributed by atoms with E-state index in [4.69, 9.17) is 17.5 Å². The number of benzene rings is 2. The maximum Gasteiger partial charge on any atom is 0.403 e. The van der Waals surface area contributed by atoms with E-state index in [-0.39, 0.29) is 0 Å². The first-order chi connectivity index (χ1) is 20.6. The molecule has 17 heteroatoms. The standard InChI is InChI=1S/C27H38N12.H2O4S/c1-20-16-22(10-12-24(20)30-32-26-36(5)18-28-38(26)7)34(3)14-9-15-35(4)23-11-13-25(21(2)17-23)31-33-27-37(6)19-29-39(27)8;1-5(2,3)4/h10-13,16-19H,9,14-15H2,1-8H3;(H2,1,2,3,4)/q+2;/p-2. The van der Waals surface area contributed by atoms with Crippen LogP contribution in [-0.4, -0.2) is 64.3 Å². The Balaban J connectivity index is 0.000000978. The first-order valence-corrected chi connectivity index (χ1v) is 14.9. The van der Waals surface area contributed by atoms with Gasteiger partial charge in [0.15, 0.2) is 0 Å². The molecule has 2 heterocycles. The number of rotatable bonds is 10. The second-order valence-electron chi connectivity index (χ2n) is 10.3. The van der Waals surface area contributed by atoms with E-state index in [0.29, 0.717) is 11.9 Å². The van der Waals surface area contributed by atoms with Gasteiger partial charge >= 0.3 is 11.9 Å². The third kappa shape index (κ3) is 9.72. The van der Waals surface area contributed by atoms with Crippen LogP contribution in [0.4, 0.5) is 34.6 Å². The number of nitrogens with zero attached hydrogens (tertiary/aromatic N) is 12. The molecule has 16 nitrogen and oxygen atoms in total. The molecule has 0 aliphatic rings.